The van der Waals surface area contributed by atoms with Crippen LogP contribution in [0, 0.1) is 6.92 Å². The molecule has 2 aromatic rings. The lowest BCUT2D eigenvalue weighted by molar-refractivity contribution is 0.0828. The van der Waals surface area contributed by atoms with Gasteiger partial charge in [0.2, 0.25) is 0 Å². The SMILES string of the molecule is Cc1ccc(CNc2cc(Cl)ccc2C(=O)N(C)C)nc1. The predicted molar refractivity (Wildman–Crippen MR) is 85.8 cm³/mol. The highest BCUT2D eigenvalue weighted by atomic mass is 35.5. The van der Waals surface area contributed by atoms with Gasteiger partial charge in [-0.15, -0.1) is 0 Å². The number of anilines is 1. The van der Waals surface area contributed by atoms with E-state index in [0.717, 1.165) is 11.3 Å². The maximum absolute atomic E-state index is 12.2. The van der Waals surface area contributed by atoms with Crippen LogP contribution in [0.2, 0.25) is 5.02 Å². The summed E-state index contributed by atoms with van der Waals surface area (Å²) in [5.41, 5.74) is 3.33. The van der Waals surface area contributed by atoms with Crippen LogP contribution in [0.3, 0.4) is 0 Å². The molecule has 0 radical (unpaired) electrons. The number of carbonyl (C=O) groups excluding carboxylic acids is 1. The summed E-state index contributed by atoms with van der Waals surface area (Å²) in [5.74, 6) is -0.0639. The highest BCUT2D eigenvalue weighted by molar-refractivity contribution is 6.31. The third kappa shape index (κ3) is 3.95. The molecule has 0 saturated heterocycles. The Labute approximate surface area is 129 Å². The third-order valence-electron chi connectivity index (χ3n) is 3.05. The molecular weight excluding hydrogens is 286 g/mol. The van der Waals surface area contributed by atoms with Crippen LogP contribution in [-0.4, -0.2) is 29.9 Å². The Balaban J connectivity index is 2.20. The number of carbonyl (C=O) groups is 1. The maximum atomic E-state index is 12.2. The van der Waals surface area contributed by atoms with E-state index in [2.05, 4.69) is 10.3 Å². The molecule has 2 rings (SSSR count). The van der Waals surface area contributed by atoms with Crippen LogP contribution < -0.4 is 5.32 Å². The van der Waals surface area contributed by atoms with Gasteiger partial charge in [-0.2, -0.15) is 0 Å². The first-order valence-corrected chi connectivity index (χ1v) is 7.02. The molecule has 5 heteroatoms. The summed E-state index contributed by atoms with van der Waals surface area (Å²) in [7, 11) is 3.45. The number of halogens is 1. The number of nitrogens with one attached hydrogen (secondary N) is 1. The van der Waals surface area contributed by atoms with Gasteiger partial charge in [-0.05, 0) is 36.8 Å². The molecule has 1 aromatic heterocycles. The molecule has 4 nitrogen and oxygen atoms in total. The lowest BCUT2D eigenvalue weighted by atomic mass is 10.1. The molecule has 0 unspecified atom stereocenters. The van der Waals surface area contributed by atoms with Crippen LogP contribution in [0.15, 0.2) is 36.5 Å². The number of aryl methyl sites for hydroxylation is 1. The molecule has 0 aliphatic rings. The molecule has 0 aliphatic carbocycles. The molecule has 110 valence electrons. The van der Waals surface area contributed by atoms with Gasteiger partial charge < -0.3 is 10.2 Å². The van der Waals surface area contributed by atoms with Crippen LogP contribution >= 0.6 is 11.6 Å². The summed E-state index contributed by atoms with van der Waals surface area (Å²) in [6.07, 6.45) is 1.82. The monoisotopic (exact) mass is 303 g/mol. The Morgan fingerprint density at radius 3 is 2.67 bits per heavy atom. The van der Waals surface area contributed by atoms with Crippen molar-refractivity contribution in [3.8, 4) is 0 Å². The average Bonchev–Trinajstić information content (AvgIpc) is 2.46. The van der Waals surface area contributed by atoms with E-state index in [1.807, 2.05) is 25.3 Å². The fourth-order valence-corrected chi connectivity index (χ4v) is 2.05. The van der Waals surface area contributed by atoms with Gasteiger partial charge in [0, 0.05) is 31.0 Å². The zero-order valence-electron chi connectivity index (χ0n) is 12.4. The molecule has 1 N–H and O–H groups in total. The van der Waals surface area contributed by atoms with Gasteiger partial charge in [-0.1, -0.05) is 17.7 Å². The predicted octanol–water partition coefficient (Wildman–Crippen LogP) is 3.36. The Morgan fingerprint density at radius 2 is 2.05 bits per heavy atom. The molecule has 0 saturated carbocycles. The third-order valence-corrected chi connectivity index (χ3v) is 3.29. The van der Waals surface area contributed by atoms with Crippen molar-refractivity contribution in [3.05, 3.63) is 58.4 Å². The van der Waals surface area contributed by atoms with E-state index in [9.17, 15) is 4.79 Å². The molecule has 0 aliphatic heterocycles. The first-order chi connectivity index (χ1) is 9.97. The number of hydrogen-bond acceptors (Lipinski definition) is 3. The second-order valence-electron chi connectivity index (χ2n) is 5.07. The zero-order valence-corrected chi connectivity index (χ0v) is 13.1. The van der Waals surface area contributed by atoms with Crippen LogP contribution in [0.25, 0.3) is 0 Å². The normalized spacial score (nSPS) is 10.3. The quantitative estimate of drug-likeness (QED) is 0.942. The van der Waals surface area contributed by atoms with Gasteiger partial charge in [-0.25, -0.2) is 0 Å². The fraction of sp³-hybridized carbons (Fsp3) is 0.250. The van der Waals surface area contributed by atoms with Crippen molar-refractivity contribution < 1.29 is 4.79 Å². The number of pyridine rings is 1. The van der Waals surface area contributed by atoms with E-state index in [4.69, 9.17) is 11.6 Å². The molecule has 0 fully saturated rings. The smallest absolute Gasteiger partial charge is 0.255 e. The van der Waals surface area contributed by atoms with E-state index < -0.39 is 0 Å². The van der Waals surface area contributed by atoms with Crippen LogP contribution in [0.5, 0.6) is 0 Å². The van der Waals surface area contributed by atoms with E-state index >= 15 is 0 Å². The van der Waals surface area contributed by atoms with E-state index in [0.29, 0.717) is 22.8 Å². The van der Waals surface area contributed by atoms with Crippen LogP contribution in [0.1, 0.15) is 21.6 Å². The largest absolute Gasteiger partial charge is 0.379 e. The minimum atomic E-state index is -0.0639. The molecular formula is C16H18ClN3O. The molecule has 0 bridgehead atoms. The first kappa shape index (κ1) is 15.3. The summed E-state index contributed by atoms with van der Waals surface area (Å²) in [4.78, 5) is 18.0. The molecule has 0 spiro atoms. The number of benzene rings is 1. The van der Waals surface area contributed by atoms with Crippen molar-refractivity contribution in [1.29, 1.82) is 0 Å². The molecule has 0 atom stereocenters. The molecule has 1 aromatic carbocycles. The average molecular weight is 304 g/mol. The second kappa shape index (κ2) is 6.59. The highest BCUT2D eigenvalue weighted by Gasteiger charge is 2.13. The molecule has 21 heavy (non-hydrogen) atoms. The second-order valence-corrected chi connectivity index (χ2v) is 5.51. The minimum Gasteiger partial charge on any atom is -0.379 e. The van der Waals surface area contributed by atoms with Crippen molar-refractivity contribution in [3.63, 3.8) is 0 Å². The standard InChI is InChI=1S/C16H18ClN3O/c1-11-4-6-13(18-9-11)10-19-15-8-12(17)5-7-14(15)16(21)20(2)3/h4-9,19H,10H2,1-3H3. The highest BCUT2D eigenvalue weighted by Crippen LogP contribution is 2.22. The van der Waals surface area contributed by atoms with Crippen molar-refractivity contribution in [2.75, 3.05) is 19.4 Å². The summed E-state index contributed by atoms with van der Waals surface area (Å²) < 4.78 is 0. The number of rotatable bonds is 4. The number of amides is 1. The van der Waals surface area contributed by atoms with Gasteiger partial charge in [0.25, 0.3) is 5.91 Å². The first-order valence-electron chi connectivity index (χ1n) is 6.64. The van der Waals surface area contributed by atoms with Crippen LogP contribution in [0.4, 0.5) is 5.69 Å². The van der Waals surface area contributed by atoms with Crippen molar-refractivity contribution in [2.45, 2.75) is 13.5 Å². The van der Waals surface area contributed by atoms with Gasteiger partial charge in [-0.3, -0.25) is 9.78 Å². The Bertz CT molecular complexity index is 638. The Morgan fingerprint density at radius 1 is 1.29 bits per heavy atom. The summed E-state index contributed by atoms with van der Waals surface area (Å²) in [6.45, 7) is 2.53. The van der Waals surface area contributed by atoms with E-state index in [-0.39, 0.29) is 5.91 Å². The number of hydrogen-bond donors (Lipinski definition) is 1. The van der Waals surface area contributed by atoms with Gasteiger partial charge in [0.1, 0.15) is 0 Å². The summed E-state index contributed by atoms with van der Waals surface area (Å²) >= 11 is 6.02. The van der Waals surface area contributed by atoms with Crippen molar-refractivity contribution in [1.82, 2.24) is 9.88 Å². The van der Waals surface area contributed by atoms with Crippen molar-refractivity contribution >= 4 is 23.2 Å². The lowest BCUT2D eigenvalue weighted by Gasteiger charge is -2.15. The number of nitrogens with zero attached hydrogens (tertiary/aromatic N) is 2. The Hall–Kier alpha value is -2.07. The Kier molecular flexibility index (Phi) is 4.81. The fourth-order valence-electron chi connectivity index (χ4n) is 1.88. The van der Waals surface area contributed by atoms with Gasteiger partial charge >= 0.3 is 0 Å². The minimum absolute atomic E-state index is 0.0639. The van der Waals surface area contributed by atoms with Crippen LogP contribution in [-0.2, 0) is 6.54 Å². The lowest BCUT2D eigenvalue weighted by Crippen LogP contribution is -2.23. The zero-order chi connectivity index (χ0) is 15.4. The van der Waals surface area contributed by atoms with Gasteiger partial charge in [0.05, 0.1) is 17.8 Å². The van der Waals surface area contributed by atoms with Gasteiger partial charge in [0.15, 0.2) is 0 Å². The molecule has 1 heterocycles. The maximum Gasteiger partial charge on any atom is 0.255 e. The number of aromatic nitrogens is 1. The van der Waals surface area contributed by atoms with E-state index in [1.165, 1.54) is 0 Å². The molecule has 1 amide bonds. The van der Waals surface area contributed by atoms with Crippen molar-refractivity contribution in [2.24, 2.45) is 0 Å². The summed E-state index contributed by atoms with van der Waals surface area (Å²) in [6, 6.07) is 9.17. The summed E-state index contributed by atoms with van der Waals surface area (Å²) in [5, 5.41) is 3.82. The topological polar surface area (TPSA) is 45.2 Å². The van der Waals surface area contributed by atoms with E-state index in [1.54, 1.807) is 37.2 Å².